The Labute approximate surface area is 157 Å². The Bertz CT molecular complexity index is 831. The van der Waals surface area contributed by atoms with Gasteiger partial charge in [0.25, 0.3) is 0 Å². The third-order valence-corrected chi connectivity index (χ3v) is 6.91. The van der Waals surface area contributed by atoms with Gasteiger partial charge in [-0.25, -0.2) is 0 Å². The second-order valence-corrected chi connectivity index (χ2v) is 9.79. The molecule has 0 radical (unpaired) electrons. The molecule has 4 heterocycles. The zero-order valence-corrected chi connectivity index (χ0v) is 16.6. The third-order valence-electron chi connectivity index (χ3n) is 6.91. The first-order valence-corrected chi connectivity index (χ1v) is 10.5. The number of H-pyrrole nitrogens is 1. The lowest BCUT2D eigenvalue weighted by Gasteiger charge is -2.53. The number of fused-ring (bicyclic) bond motifs is 4. The minimum absolute atomic E-state index is 0.156. The summed E-state index contributed by atoms with van der Waals surface area (Å²) < 4.78 is 6.15. The van der Waals surface area contributed by atoms with Gasteiger partial charge in [-0.1, -0.05) is 13.3 Å². The van der Waals surface area contributed by atoms with Crippen molar-refractivity contribution in [2.24, 2.45) is 11.8 Å². The van der Waals surface area contributed by atoms with Crippen LogP contribution in [0.3, 0.4) is 0 Å². The Balaban J connectivity index is 1.59. The molecule has 2 saturated heterocycles. The van der Waals surface area contributed by atoms with Gasteiger partial charge in [-0.15, -0.1) is 0 Å². The molecular weight excluding hydrogens is 320 g/mol. The van der Waals surface area contributed by atoms with E-state index in [9.17, 15) is 0 Å². The third kappa shape index (κ3) is 2.58. The van der Waals surface area contributed by atoms with E-state index >= 15 is 0 Å². The Hall–Kier alpha value is -1.48. The molecule has 3 nitrogen and oxygen atoms in total. The summed E-state index contributed by atoms with van der Waals surface area (Å²) in [5, 5.41) is 1.39. The number of benzene rings is 1. The normalized spacial score (nSPS) is 33.2. The van der Waals surface area contributed by atoms with Crippen LogP contribution in [0, 0.1) is 11.8 Å². The average Bonchev–Trinajstić information content (AvgIpc) is 2.91. The number of nitrogens with one attached hydrogen (secondary N) is 1. The van der Waals surface area contributed by atoms with Crippen LogP contribution in [0.25, 0.3) is 10.9 Å². The van der Waals surface area contributed by atoms with E-state index in [4.69, 9.17) is 4.74 Å². The molecule has 26 heavy (non-hydrogen) atoms. The van der Waals surface area contributed by atoms with E-state index in [1.165, 1.54) is 49.7 Å². The van der Waals surface area contributed by atoms with Crippen LogP contribution in [-0.2, 0) is 6.42 Å². The fourth-order valence-corrected chi connectivity index (χ4v) is 6.09. The Kier molecular flexibility index (Phi) is 3.69. The number of aromatic nitrogens is 1. The topological polar surface area (TPSA) is 28.3 Å². The average molecular weight is 353 g/mol. The molecule has 0 amide bonds. The molecule has 0 spiro atoms. The number of nitrogens with zero attached hydrogens (tertiary/aromatic N) is 1. The van der Waals surface area contributed by atoms with Crippen LogP contribution in [-0.4, -0.2) is 34.6 Å². The molecule has 5 atom stereocenters. The van der Waals surface area contributed by atoms with E-state index in [-0.39, 0.29) is 5.60 Å². The van der Waals surface area contributed by atoms with Crippen LogP contribution in [0.5, 0.6) is 5.75 Å². The summed E-state index contributed by atoms with van der Waals surface area (Å²) >= 11 is 0. The number of rotatable bonds is 2. The summed E-state index contributed by atoms with van der Waals surface area (Å²) in [6, 6.07) is 7.37. The highest BCUT2D eigenvalue weighted by Crippen LogP contribution is 2.51. The Morgan fingerprint density at radius 1 is 1.23 bits per heavy atom. The zero-order valence-electron chi connectivity index (χ0n) is 16.6. The van der Waals surface area contributed by atoms with Crippen LogP contribution < -0.4 is 4.74 Å². The zero-order chi connectivity index (χ0) is 18.1. The van der Waals surface area contributed by atoms with Gasteiger partial charge in [0.05, 0.1) is 0 Å². The van der Waals surface area contributed by atoms with E-state index in [1.807, 2.05) is 0 Å². The molecule has 3 aliphatic heterocycles. The maximum absolute atomic E-state index is 6.15. The second kappa shape index (κ2) is 5.76. The lowest BCUT2D eigenvalue weighted by molar-refractivity contribution is -0.0134. The van der Waals surface area contributed by atoms with Crippen molar-refractivity contribution < 1.29 is 4.74 Å². The molecule has 1 saturated carbocycles. The standard InChI is InChI=1S/C23H32N2O/c1-5-15-10-14-11-19-21-17(8-9-25(13-14)22(15)19)18-12-16(26-23(2,3)4)6-7-20(18)24-21/h6-7,12,14-15,19,22,24H,5,8-11,13H2,1-4H3. The van der Waals surface area contributed by atoms with Crippen LogP contribution in [0.2, 0.25) is 0 Å². The van der Waals surface area contributed by atoms with E-state index in [2.05, 4.69) is 55.8 Å². The molecule has 140 valence electrons. The van der Waals surface area contributed by atoms with Gasteiger partial charge in [-0.3, -0.25) is 4.90 Å². The molecule has 2 aromatic rings. The van der Waals surface area contributed by atoms with Gasteiger partial charge in [0.1, 0.15) is 11.4 Å². The summed E-state index contributed by atoms with van der Waals surface area (Å²) in [5.74, 6) is 3.47. The molecule has 4 aliphatic rings. The lowest BCUT2D eigenvalue weighted by Crippen LogP contribution is -2.56. The quantitative estimate of drug-likeness (QED) is 0.814. The summed E-state index contributed by atoms with van der Waals surface area (Å²) in [5.41, 5.74) is 4.24. The van der Waals surface area contributed by atoms with Gasteiger partial charge in [-0.2, -0.15) is 0 Å². The second-order valence-electron chi connectivity index (χ2n) is 9.79. The van der Waals surface area contributed by atoms with E-state index < -0.39 is 0 Å². The van der Waals surface area contributed by atoms with Crippen molar-refractivity contribution >= 4 is 10.9 Å². The molecule has 1 aromatic carbocycles. The number of piperidine rings is 2. The Morgan fingerprint density at radius 2 is 2.08 bits per heavy atom. The minimum Gasteiger partial charge on any atom is -0.488 e. The predicted octanol–water partition coefficient (Wildman–Crippen LogP) is 5.11. The fourth-order valence-electron chi connectivity index (χ4n) is 6.09. The SMILES string of the molecule is CCC1CC2CC3c4[nH]c5ccc(OC(C)(C)C)cc5c4CCN(C2)C13. The van der Waals surface area contributed by atoms with Gasteiger partial charge in [-0.05, 0) is 75.6 Å². The molecule has 1 aromatic heterocycles. The van der Waals surface area contributed by atoms with E-state index in [0.29, 0.717) is 5.92 Å². The van der Waals surface area contributed by atoms with Crippen LogP contribution in [0.4, 0.5) is 0 Å². The molecule has 6 rings (SSSR count). The number of aromatic amines is 1. The number of hydrogen-bond donors (Lipinski definition) is 1. The minimum atomic E-state index is -0.156. The van der Waals surface area contributed by atoms with Gasteiger partial charge in [0, 0.05) is 41.6 Å². The molecule has 1 N–H and O–H groups in total. The summed E-state index contributed by atoms with van der Waals surface area (Å²) in [6.07, 6.45) is 5.33. The van der Waals surface area contributed by atoms with Gasteiger partial charge >= 0.3 is 0 Å². The van der Waals surface area contributed by atoms with Gasteiger partial charge in [0.15, 0.2) is 0 Å². The highest BCUT2D eigenvalue weighted by Gasteiger charge is 2.48. The number of ether oxygens (including phenoxy) is 1. The summed E-state index contributed by atoms with van der Waals surface area (Å²) in [6.45, 7) is 11.3. The first kappa shape index (κ1) is 16.7. The van der Waals surface area contributed by atoms with Crippen LogP contribution in [0.15, 0.2) is 18.2 Å². The van der Waals surface area contributed by atoms with Crippen LogP contribution in [0.1, 0.15) is 64.1 Å². The molecule has 4 bridgehead atoms. The number of hydrogen-bond acceptors (Lipinski definition) is 2. The highest BCUT2D eigenvalue weighted by molar-refractivity contribution is 5.86. The van der Waals surface area contributed by atoms with Crippen LogP contribution >= 0.6 is 0 Å². The Morgan fingerprint density at radius 3 is 2.85 bits per heavy atom. The van der Waals surface area contributed by atoms with Crippen molar-refractivity contribution in [3.05, 3.63) is 29.5 Å². The molecule has 3 fully saturated rings. The molecular formula is C23H32N2O. The van der Waals surface area contributed by atoms with Crippen molar-refractivity contribution in [1.82, 2.24) is 9.88 Å². The van der Waals surface area contributed by atoms with Crippen molar-refractivity contribution in [2.45, 2.75) is 70.9 Å². The fraction of sp³-hybridized carbons (Fsp3) is 0.652. The highest BCUT2D eigenvalue weighted by atomic mass is 16.5. The van der Waals surface area contributed by atoms with Crippen molar-refractivity contribution in [3.8, 4) is 5.75 Å². The molecule has 3 heteroatoms. The lowest BCUT2D eigenvalue weighted by atomic mass is 9.65. The smallest absolute Gasteiger partial charge is 0.120 e. The van der Waals surface area contributed by atoms with E-state index in [1.54, 1.807) is 11.3 Å². The van der Waals surface area contributed by atoms with Crippen molar-refractivity contribution in [2.75, 3.05) is 13.1 Å². The first-order valence-electron chi connectivity index (χ1n) is 10.5. The molecule has 1 aliphatic carbocycles. The maximum atomic E-state index is 6.15. The first-order chi connectivity index (χ1) is 12.4. The van der Waals surface area contributed by atoms with E-state index in [0.717, 1.165) is 23.6 Å². The summed E-state index contributed by atoms with van der Waals surface area (Å²) in [7, 11) is 0. The van der Waals surface area contributed by atoms with Gasteiger partial charge < -0.3 is 9.72 Å². The predicted molar refractivity (Wildman–Crippen MR) is 107 cm³/mol. The van der Waals surface area contributed by atoms with Gasteiger partial charge in [0.2, 0.25) is 0 Å². The monoisotopic (exact) mass is 352 g/mol. The van der Waals surface area contributed by atoms with Crippen molar-refractivity contribution in [3.63, 3.8) is 0 Å². The molecule has 5 unspecified atom stereocenters. The van der Waals surface area contributed by atoms with Crippen molar-refractivity contribution in [1.29, 1.82) is 0 Å². The largest absolute Gasteiger partial charge is 0.488 e. The maximum Gasteiger partial charge on any atom is 0.120 e. The summed E-state index contributed by atoms with van der Waals surface area (Å²) in [4.78, 5) is 6.67.